The number of carbonyl (C=O) groups excluding carboxylic acids is 3. The predicted octanol–water partition coefficient (Wildman–Crippen LogP) is 4.31. The molecule has 1 saturated heterocycles. The van der Waals surface area contributed by atoms with Crippen LogP contribution in [0.5, 0.6) is 0 Å². The zero-order valence-corrected chi connectivity index (χ0v) is 22.5. The first-order valence-corrected chi connectivity index (χ1v) is 13.2. The number of halogens is 1. The van der Waals surface area contributed by atoms with E-state index in [9.17, 15) is 14.4 Å². The topological polar surface area (TPSA) is 99.9 Å². The van der Waals surface area contributed by atoms with Gasteiger partial charge in [-0.15, -0.1) is 0 Å². The number of nitrogens with zero attached hydrogens (tertiary/aromatic N) is 5. The first-order valence-electron chi connectivity index (χ1n) is 13.2. The minimum atomic E-state index is -0.552. The van der Waals surface area contributed by atoms with Crippen LogP contribution in [0, 0.1) is 5.82 Å². The molecule has 1 aromatic carbocycles. The van der Waals surface area contributed by atoms with Gasteiger partial charge in [0.25, 0.3) is 5.91 Å². The number of benzene rings is 1. The van der Waals surface area contributed by atoms with Crippen molar-refractivity contribution >= 4 is 29.1 Å². The number of hydrogen-bond acceptors (Lipinski definition) is 5. The average Bonchev–Trinajstić information content (AvgIpc) is 3.20. The van der Waals surface area contributed by atoms with E-state index < -0.39 is 5.82 Å². The van der Waals surface area contributed by atoms with Crippen LogP contribution in [-0.4, -0.2) is 68.8 Å². The van der Waals surface area contributed by atoms with Gasteiger partial charge in [-0.05, 0) is 50.5 Å². The Morgan fingerprint density at radius 1 is 1.11 bits per heavy atom. The number of aryl methyl sites for hydroxylation is 1. The summed E-state index contributed by atoms with van der Waals surface area (Å²) in [6, 6.07) is 7.99. The molecule has 9 nitrogen and oxygen atoms in total. The maximum Gasteiger partial charge on any atom is 0.272 e. The third-order valence-electron chi connectivity index (χ3n) is 6.99. The molecule has 10 heteroatoms. The molecule has 202 valence electrons. The second kappa shape index (κ2) is 11.7. The van der Waals surface area contributed by atoms with Crippen molar-refractivity contribution in [2.24, 2.45) is 0 Å². The molecule has 3 heterocycles. The van der Waals surface area contributed by atoms with Crippen molar-refractivity contribution in [1.82, 2.24) is 24.4 Å². The zero-order chi connectivity index (χ0) is 27.4. The van der Waals surface area contributed by atoms with Crippen LogP contribution < -0.4 is 5.32 Å². The largest absolute Gasteiger partial charge is 0.349 e. The highest BCUT2D eigenvalue weighted by Crippen LogP contribution is 2.27. The number of nitrogens with one attached hydrogen (secondary N) is 1. The van der Waals surface area contributed by atoms with Gasteiger partial charge >= 0.3 is 0 Å². The Morgan fingerprint density at radius 2 is 1.89 bits per heavy atom. The normalized spacial score (nSPS) is 15.8. The molecule has 1 aliphatic heterocycles. The molecule has 3 amide bonds. The maximum atomic E-state index is 15.1. The quantitative estimate of drug-likeness (QED) is 0.499. The van der Waals surface area contributed by atoms with Crippen molar-refractivity contribution in [3.63, 3.8) is 0 Å². The summed E-state index contributed by atoms with van der Waals surface area (Å²) >= 11 is 0. The van der Waals surface area contributed by atoms with E-state index in [0.717, 1.165) is 37.9 Å². The smallest absolute Gasteiger partial charge is 0.272 e. The first-order chi connectivity index (χ1) is 18.2. The second-order valence-electron chi connectivity index (χ2n) is 10.0. The Morgan fingerprint density at radius 3 is 2.61 bits per heavy atom. The van der Waals surface area contributed by atoms with Gasteiger partial charge in [0.15, 0.2) is 5.65 Å². The van der Waals surface area contributed by atoms with Crippen LogP contribution in [0.2, 0.25) is 0 Å². The van der Waals surface area contributed by atoms with Crippen molar-refractivity contribution in [3.8, 4) is 11.3 Å². The standard InChI is InChI=1S/C28H35FN6O3/c1-5-20-16-24(28(38)34-14-8-6-7-9-18(34)2)31-25-17-23(32-35(20)25)21-11-10-19(15-22(21)29)30-26(36)12-13-27(37)33(3)4/h10-11,15-18H,5-9,12-14H2,1-4H3,(H,30,36). The van der Waals surface area contributed by atoms with Crippen molar-refractivity contribution in [2.75, 3.05) is 26.0 Å². The van der Waals surface area contributed by atoms with Gasteiger partial charge in [0.05, 0.1) is 5.69 Å². The fraction of sp³-hybridized carbons (Fsp3) is 0.464. The van der Waals surface area contributed by atoms with Crippen LogP contribution in [0.25, 0.3) is 16.9 Å². The van der Waals surface area contributed by atoms with Gasteiger partial charge in [-0.1, -0.05) is 19.8 Å². The Labute approximate surface area is 222 Å². The van der Waals surface area contributed by atoms with E-state index in [1.54, 1.807) is 42.9 Å². The Balaban J connectivity index is 1.56. The molecule has 38 heavy (non-hydrogen) atoms. The fourth-order valence-corrected chi connectivity index (χ4v) is 4.72. The summed E-state index contributed by atoms with van der Waals surface area (Å²) in [5.74, 6) is -1.16. The minimum Gasteiger partial charge on any atom is -0.349 e. The number of carbonyl (C=O) groups is 3. The summed E-state index contributed by atoms with van der Waals surface area (Å²) in [6.07, 6.45) is 4.92. The molecule has 1 atom stereocenters. The van der Waals surface area contributed by atoms with Crippen molar-refractivity contribution in [2.45, 2.75) is 64.8 Å². The molecule has 0 saturated carbocycles. The van der Waals surface area contributed by atoms with E-state index >= 15 is 4.39 Å². The summed E-state index contributed by atoms with van der Waals surface area (Å²) in [5, 5.41) is 7.20. The molecular formula is C28H35FN6O3. The van der Waals surface area contributed by atoms with Gasteiger partial charge in [0.2, 0.25) is 11.8 Å². The van der Waals surface area contributed by atoms with Gasteiger partial charge in [-0.2, -0.15) is 5.10 Å². The molecule has 4 rings (SSSR count). The number of amides is 3. The molecule has 0 radical (unpaired) electrons. The predicted molar refractivity (Wildman–Crippen MR) is 143 cm³/mol. The SMILES string of the molecule is CCc1cc(C(=O)N2CCCCCC2C)nc2cc(-c3ccc(NC(=O)CCC(=O)N(C)C)cc3F)nn12. The highest BCUT2D eigenvalue weighted by atomic mass is 19.1. The van der Waals surface area contributed by atoms with Gasteiger partial charge in [0, 0.05) is 62.5 Å². The number of aromatic nitrogens is 3. The molecule has 1 unspecified atom stereocenters. The molecule has 2 aromatic heterocycles. The molecular weight excluding hydrogens is 487 g/mol. The van der Waals surface area contributed by atoms with E-state index in [1.165, 1.54) is 11.0 Å². The summed E-state index contributed by atoms with van der Waals surface area (Å²) in [7, 11) is 3.25. The Kier molecular flexibility index (Phi) is 8.38. The number of likely N-dealkylation sites (tertiary alicyclic amines) is 1. The molecule has 3 aromatic rings. The van der Waals surface area contributed by atoms with Crippen LogP contribution >= 0.6 is 0 Å². The van der Waals surface area contributed by atoms with Crippen molar-refractivity contribution in [3.05, 3.63) is 47.5 Å². The van der Waals surface area contributed by atoms with Gasteiger partial charge in [-0.25, -0.2) is 13.9 Å². The van der Waals surface area contributed by atoms with E-state index in [-0.39, 0.29) is 42.2 Å². The molecule has 0 spiro atoms. The van der Waals surface area contributed by atoms with Crippen molar-refractivity contribution < 1.29 is 18.8 Å². The monoisotopic (exact) mass is 522 g/mol. The second-order valence-corrected chi connectivity index (χ2v) is 10.0. The number of fused-ring (bicyclic) bond motifs is 1. The van der Waals surface area contributed by atoms with Crippen LogP contribution in [0.3, 0.4) is 0 Å². The fourth-order valence-electron chi connectivity index (χ4n) is 4.72. The van der Waals surface area contributed by atoms with Crippen LogP contribution in [0.4, 0.5) is 10.1 Å². The highest BCUT2D eigenvalue weighted by molar-refractivity contribution is 5.94. The summed E-state index contributed by atoms with van der Waals surface area (Å²) in [5.41, 5.74) is 2.60. The first kappa shape index (κ1) is 27.2. The minimum absolute atomic E-state index is 0.00947. The van der Waals surface area contributed by atoms with E-state index in [0.29, 0.717) is 29.1 Å². The summed E-state index contributed by atoms with van der Waals surface area (Å²) < 4.78 is 16.8. The summed E-state index contributed by atoms with van der Waals surface area (Å²) in [6.45, 7) is 4.78. The van der Waals surface area contributed by atoms with Crippen LogP contribution in [0.15, 0.2) is 30.3 Å². The van der Waals surface area contributed by atoms with Gasteiger partial charge in [-0.3, -0.25) is 14.4 Å². The van der Waals surface area contributed by atoms with Crippen molar-refractivity contribution in [1.29, 1.82) is 0 Å². The number of hydrogen-bond donors (Lipinski definition) is 1. The third-order valence-corrected chi connectivity index (χ3v) is 6.99. The Hall–Kier alpha value is -3.82. The molecule has 1 aliphatic rings. The molecule has 1 N–H and O–H groups in total. The lowest BCUT2D eigenvalue weighted by Gasteiger charge is -2.27. The van der Waals surface area contributed by atoms with Crippen LogP contribution in [0.1, 0.15) is 68.6 Å². The molecule has 1 fully saturated rings. The van der Waals surface area contributed by atoms with Gasteiger partial charge in [0.1, 0.15) is 11.5 Å². The lowest BCUT2D eigenvalue weighted by atomic mass is 10.1. The lowest BCUT2D eigenvalue weighted by Crippen LogP contribution is -2.38. The summed E-state index contributed by atoms with van der Waals surface area (Å²) in [4.78, 5) is 45.2. The van der Waals surface area contributed by atoms with E-state index in [1.807, 2.05) is 11.8 Å². The average molecular weight is 523 g/mol. The van der Waals surface area contributed by atoms with Crippen LogP contribution in [-0.2, 0) is 16.0 Å². The third kappa shape index (κ3) is 6.00. The van der Waals surface area contributed by atoms with E-state index in [2.05, 4.69) is 22.3 Å². The maximum absolute atomic E-state index is 15.1. The number of rotatable bonds is 7. The van der Waals surface area contributed by atoms with E-state index in [4.69, 9.17) is 0 Å². The number of anilines is 1. The van der Waals surface area contributed by atoms with Gasteiger partial charge < -0.3 is 15.1 Å². The Bertz CT molecular complexity index is 1350. The molecule has 0 bridgehead atoms. The molecule has 0 aliphatic carbocycles. The lowest BCUT2D eigenvalue weighted by molar-refractivity contribution is -0.130. The zero-order valence-electron chi connectivity index (χ0n) is 22.5. The highest BCUT2D eigenvalue weighted by Gasteiger charge is 2.25.